The molecule has 6 heteroatoms. The van der Waals surface area contributed by atoms with Gasteiger partial charge in [-0.15, -0.1) is 5.10 Å². The van der Waals surface area contributed by atoms with E-state index in [9.17, 15) is 0 Å². The highest BCUT2D eigenvalue weighted by Gasteiger charge is 2.09. The van der Waals surface area contributed by atoms with Crippen molar-refractivity contribution in [3.05, 3.63) is 72.4 Å². The number of fused-ring (bicyclic) bond motifs is 1. The zero-order valence-corrected chi connectivity index (χ0v) is 14.5. The molecule has 4 rings (SSSR count). The van der Waals surface area contributed by atoms with Crippen molar-refractivity contribution >= 4 is 17.5 Å². The average Bonchev–Trinajstić information content (AvgIpc) is 3.11. The van der Waals surface area contributed by atoms with Gasteiger partial charge in [-0.1, -0.05) is 42.1 Å². The number of nitrogens with zero attached hydrogens (tertiary/aromatic N) is 4. The van der Waals surface area contributed by atoms with Crippen molar-refractivity contribution in [2.75, 3.05) is 6.26 Å². The number of hydrogen-bond acceptors (Lipinski definition) is 5. The Morgan fingerprint density at radius 3 is 2.56 bits per heavy atom. The van der Waals surface area contributed by atoms with Crippen LogP contribution in [0.15, 0.2) is 72.0 Å². The van der Waals surface area contributed by atoms with Crippen LogP contribution in [0.2, 0.25) is 0 Å². The lowest BCUT2D eigenvalue weighted by Crippen LogP contribution is -1.97. The lowest BCUT2D eigenvalue weighted by Gasteiger charge is -2.08. The lowest BCUT2D eigenvalue weighted by atomic mass is 10.1. The van der Waals surface area contributed by atoms with Crippen molar-refractivity contribution in [2.45, 2.75) is 11.8 Å². The lowest BCUT2D eigenvalue weighted by molar-refractivity contribution is 0.306. The number of thioether (sulfide) groups is 1. The standard InChI is InChI=1S/C19H16N4OS/c1-25-19-21-18-20-12-11-17(23(18)22-19)15-7-9-16(10-8-15)24-13-14-5-3-2-4-6-14/h2-12H,13H2,1H3. The summed E-state index contributed by atoms with van der Waals surface area (Å²) in [5.74, 6) is 1.44. The van der Waals surface area contributed by atoms with Gasteiger partial charge in [-0.3, -0.25) is 0 Å². The van der Waals surface area contributed by atoms with Crippen molar-refractivity contribution in [1.82, 2.24) is 19.6 Å². The minimum Gasteiger partial charge on any atom is -0.489 e. The first kappa shape index (κ1) is 15.7. The summed E-state index contributed by atoms with van der Waals surface area (Å²) in [5.41, 5.74) is 3.14. The molecule has 0 radical (unpaired) electrons. The van der Waals surface area contributed by atoms with Gasteiger partial charge in [0.15, 0.2) is 0 Å². The van der Waals surface area contributed by atoms with E-state index in [1.807, 2.05) is 54.8 Å². The molecule has 0 fully saturated rings. The van der Waals surface area contributed by atoms with E-state index in [0.29, 0.717) is 17.5 Å². The maximum Gasteiger partial charge on any atom is 0.253 e. The summed E-state index contributed by atoms with van der Waals surface area (Å²) in [6, 6.07) is 20.0. The van der Waals surface area contributed by atoms with Crippen LogP contribution in [-0.4, -0.2) is 25.8 Å². The molecule has 124 valence electrons. The van der Waals surface area contributed by atoms with Crippen molar-refractivity contribution < 1.29 is 4.74 Å². The van der Waals surface area contributed by atoms with Gasteiger partial charge in [-0.05, 0) is 42.2 Å². The van der Waals surface area contributed by atoms with E-state index < -0.39 is 0 Å². The van der Waals surface area contributed by atoms with E-state index in [1.54, 1.807) is 10.7 Å². The molecule has 0 aliphatic heterocycles. The van der Waals surface area contributed by atoms with Crippen molar-refractivity contribution in [1.29, 1.82) is 0 Å². The van der Waals surface area contributed by atoms with Crippen LogP contribution in [0.5, 0.6) is 5.75 Å². The Hall–Kier alpha value is -2.86. The first-order valence-corrected chi connectivity index (χ1v) is 9.09. The molecule has 0 bridgehead atoms. The highest BCUT2D eigenvalue weighted by atomic mass is 32.2. The third-order valence-corrected chi connectivity index (χ3v) is 4.34. The van der Waals surface area contributed by atoms with E-state index in [4.69, 9.17) is 4.74 Å². The van der Waals surface area contributed by atoms with E-state index in [1.165, 1.54) is 11.8 Å². The predicted molar refractivity (Wildman–Crippen MR) is 98.8 cm³/mol. The molecule has 0 saturated carbocycles. The Labute approximate surface area is 149 Å². The fourth-order valence-corrected chi connectivity index (χ4v) is 2.88. The molecular formula is C19H16N4OS. The minimum atomic E-state index is 0.555. The van der Waals surface area contributed by atoms with Crippen LogP contribution < -0.4 is 4.74 Å². The topological polar surface area (TPSA) is 52.3 Å². The zero-order chi connectivity index (χ0) is 17.1. The Bertz CT molecular complexity index is 983. The monoisotopic (exact) mass is 348 g/mol. The second kappa shape index (κ2) is 6.94. The Balaban J connectivity index is 1.57. The molecule has 25 heavy (non-hydrogen) atoms. The van der Waals surface area contributed by atoms with Gasteiger partial charge in [0.1, 0.15) is 12.4 Å². The van der Waals surface area contributed by atoms with Gasteiger partial charge in [0.05, 0.1) is 5.69 Å². The van der Waals surface area contributed by atoms with Gasteiger partial charge in [0.25, 0.3) is 5.78 Å². The molecule has 0 saturated heterocycles. The highest BCUT2D eigenvalue weighted by molar-refractivity contribution is 7.98. The number of rotatable bonds is 5. The summed E-state index contributed by atoms with van der Waals surface area (Å²) >= 11 is 1.50. The quantitative estimate of drug-likeness (QED) is 0.508. The molecule has 2 aromatic carbocycles. The molecule has 0 spiro atoms. The van der Waals surface area contributed by atoms with Crippen molar-refractivity contribution in [3.8, 4) is 17.0 Å². The second-order valence-electron chi connectivity index (χ2n) is 5.44. The van der Waals surface area contributed by atoms with E-state index in [-0.39, 0.29) is 0 Å². The molecule has 0 N–H and O–H groups in total. The summed E-state index contributed by atoms with van der Waals surface area (Å²) in [7, 11) is 0. The molecule has 4 aromatic rings. The summed E-state index contributed by atoms with van der Waals surface area (Å²) in [5, 5.41) is 5.19. The third kappa shape index (κ3) is 3.34. The summed E-state index contributed by atoms with van der Waals surface area (Å²) < 4.78 is 7.61. The molecule has 2 heterocycles. The maximum atomic E-state index is 5.84. The summed E-state index contributed by atoms with van der Waals surface area (Å²) in [6.45, 7) is 0.555. The number of aromatic nitrogens is 4. The summed E-state index contributed by atoms with van der Waals surface area (Å²) in [6.07, 6.45) is 3.70. The molecule has 0 aliphatic carbocycles. The van der Waals surface area contributed by atoms with E-state index >= 15 is 0 Å². The Kier molecular flexibility index (Phi) is 4.35. The molecule has 2 aromatic heterocycles. The van der Waals surface area contributed by atoms with Crippen LogP contribution >= 0.6 is 11.8 Å². The van der Waals surface area contributed by atoms with Crippen LogP contribution in [0.25, 0.3) is 17.0 Å². The molecule has 0 unspecified atom stereocenters. The van der Waals surface area contributed by atoms with Crippen LogP contribution in [0.1, 0.15) is 5.56 Å². The van der Waals surface area contributed by atoms with Crippen LogP contribution in [-0.2, 0) is 6.61 Å². The van der Waals surface area contributed by atoms with Gasteiger partial charge in [-0.2, -0.15) is 9.50 Å². The van der Waals surface area contributed by atoms with Crippen molar-refractivity contribution in [2.24, 2.45) is 0 Å². The molecule has 0 aliphatic rings. The molecule has 0 atom stereocenters. The molecule has 5 nitrogen and oxygen atoms in total. The Morgan fingerprint density at radius 1 is 1.00 bits per heavy atom. The first-order valence-electron chi connectivity index (χ1n) is 7.86. The van der Waals surface area contributed by atoms with Gasteiger partial charge < -0.3 is 4.74 Å². The smallest absolute Gasteiger partial charge is 0.253 e. The normalized spacial score (nSPS) is 10.9. The van der Waals surface area contributed by atoms with Gasteiger partial charge in [0.2, 0.25) is 5.16 Å². The molecule has 0 amide bonds. The van der Waals surface area contributed by atoms with E-state index in [2.05, 4.69) is 27.2 Å². The first-order chi connectivity index (χ1) is 12.3. The van der Waals surface area contributed by atoms with Crippen LogP contribution in [0.4, 0.5) is 0 Å². The molecular weight excluding hydrogens is 332 g/mol. The van der Waals surface area contributed by atoms with Gasteiger partial charge in [0, 0.05) is 11.8 Å². The average molecular weight is 348 g/mol. The fraction of sp³-hybridized carbons (Fsp3) is 0.105. The van der Waals surface area contributed by atoms with Crippen molar-refractivity contribution in [3.63, 3.8) is 0 Å². The van der Waals surface area contributed by atoms with Gasteiger partial charge >= 0.3 is 0 Å². The summed E-state index contributed by atoms with van der Waals surface area (Å²) in [4.78, 5) is 8.64. The number of ether oxygens (including phenoxy) is 1. The third-order valence-electron chi connectivity index (χ3n) is 3.80. The number of benzene rings is 2. The maximum absolute atomic E-state index is 5.84. The van der Waals surface area contributed by atoms with E-state index in [0.717, 1.165) is 22.6 Å². The SMILES string of the molecule is CSc1nc2nccc(-c3ccc(OCc4ccccc4)cc3)n2n1. The predicted octanol–water partition coefficient (Wildman–Crippen LogP) is 4.09. The van der Waals surface area contributed by atoms with Crippen LogP contribution in [0, 0.1) is 0 Å². The highest BCUT2D eigenvalue weighted by Crippen LogP contribution is 2.23. The van der Waals surface area contributed by atoms with Gasteiger partial charge in [-0.25, -0.2) is 4.98 Å². The second-order valence-corrected chi connectivity index (χ2v) is 6.21. The minimum absolute atomic E-state index is 0.555. The largest absolute Gasteiger partial charge is 0.489 e. The van der Waals surface area contributed by atoms with Crippen LogP contribution in [0.3, 0.4) is 0 Å². The Morgan fingerprint density at radius 2 is 1.80 bits per heavy atom. The zero-order valence-electron chi connectivity index (χ0n) is 13.7. The number of hydrogen-bond donors (Lipinski definition) is 0. The fourth-order valence-electron chi connectivity index (χ4n) is 2.54.